The van der Waals surface area contributed by atoms with Gasteiger partial charge in [-0.15, -0.1) is 0 Å². The second-order valence-corrected chi connectivity index (χ2v) is 5.87. The summed E-state index contributed by atoms with van der Waals surface area (Å²) in [6.07, 6.45) is 3.75. The van der Waals surface area contributed by atoms with E-state index in [1.807, 2.05) is 11.8 Å². The van der Waals surface area contributed by atoms with E-state index in [-0.39, 0.29) is 0 Å². The van der Waals surface area contributed by atoms with Gasteiger partial charge in [-0.3, -0.25) is 0 Å². The maximum Gasteiger partial charge on any atom is 0.135 e. The van der Waals surface area contributed by atoms with Gasteiger partial charge >= 0.3 is 0 Å². The molecule has 0 saturated heterocycles. The van der Waals surface area contributed by atoms with Crippen molar-refractivity contribution >= 4 is 23.4 Å². The third-order valence-corrected chi connectivity index (χ3v) is 3.74. The highest BCUT2D eigenvalue weighted by Crippen LogP contribution is 2.28. The van der Waals surface area contributed by atoms with E-state index in [0.29, 0.717) is 11.2 Å². The van der Waals surface area contributed by atoms with Gasteiger partial charge in [-0.05, 0) is 19.1 Å². The van der Waals surface area contributed by atoms with Crippen LogP contribution in [0.15, 0.2) is 6.33 Å². The Morgan fingerprint density at radius 1 is 1.17 bits per heavy atom. The van der Waals surface area contributed by atoms with E-state index < -0.39 is 0 Å². The number of thioether (sulfide) groups is 1. The molecule has 1 rings (SSSR count). The molecule has 2 N–H and O–H groups in total. The van der Waals surface area contributed by atoms with Gasteiger partial charge in [0.05, 0.1) is 0 Å². The van der Waals surface area contributed by atoms with Crippen molar-refractivity contribution in [3.8, 4) is 0 Å². The molecule has 1 aromatic rings. The molecule has 0 spiro atoms. The van der Waals surface area contributed by atoms with Gasteiger partial charge in [-0.1, -0.05) is 20.8 Å². The SMILES string of the molecule is CCNc1ncnc(NCC(C)SC)c1C(C)C. The van der Waals surface area contributed by atoms with Crippen molar-refractivity contribution in [1.29, 1.82) is 0 Å². The van der Waals surface area contributed by atoms with E-state index in [0.717, 1.165) is 24.7 Å². The lowest BCUT2D eigenvalue weighted by Crippen LogP contribution is -2.17. The van der Waals surface area contributed by atoms with Crippen LogP contribution in [0, 0.1) is 0 Å². The maximum absolute atomic E-state index is 4.38. The van der Waals surface area contributed by atoms with Gasteiger partial charge in [-0.25, -0.2) is 9.97 Å². The van der Waals surface area contributed by atoms with E-state index in [1.165, 1.54) is 5.56 Å². The lowest BCUT2D eigenvalue weighted by molar-refractivity contribution is 0.842. The quantitative estimate of drug-likeness (QED) is 0.795. The normalized spacial score (nSPS) is 12.6. The minimum absolute atomic E-state index is 0.396. The molecule has 0 radical (unpaired) electrons. The Balaban J connectivity index is 2.92. The number of hydrogen-bond acceptors (Lipinski definition) is 5. The average Bonchev–Trinajstić information content (AvgIpc) is 2.36. The van der Waals surface area contributed by atoms with Crippen LogP contribution in [0.4, 0.5) is 11.6 Å². The zero-order valence-electron chi connectivity index (χ0n) is 11.9. The van der Waals surface area contributed by atoms with Crippen molar-refractivity contribution in [3.63, 3.8) is 0 Å². The summed E-state index contributed by atoms with van der Waals surface area (Å²) in [5, 5.41) is 7.31. The van der Waals surface area contributed by atoms with Crippen molar-refractivity contribution in [1.82, 2.24) is 9.97 Å². The number of nitrogens with one attached hydrogen (secondary N) is 2. The highest BCUT2D eigenvalue weighted by molar-refractivity contribution is 7.99. The molecule has 18 heavy (non-hydrogen) atoms. The lowest BCUT2D eigenvalue weighted by atomic mass is 10.0. The summed E-state index contributed by atoms with van der Waals surface area (Å²) < 4.78 is 0. The highest BCUT2D eigenvalue weighted by Gasteiger charge is 2.14. The molecular formula is C13H24N4S. The van der Waals surface area contributed by atoms with Gasteiger partial charge < -0.3 is 10.6 Å². The molecule has 0 aliphatic rings. The number of anilines is 2. The molecule has 102 valence electrons. The summed E-state index contributed by atoms with van der Waals surface area (Å²) in [6, 6.07) is 0. The van der Waals surface area contributed by atoms with Crippen LogP contribution in [0.25, 0.3) is 0 Å². The fourth-order valence-corrected chi connectivity index (χ4v) is 1.97. The summed E-state index contributed by atoms with van der Waals surface area (Å²) in [5.41, 5.74) is 1.17. The molecule has 1 atom stereocenters. The lowest BCUT2D eigenvalue weighted by Gasteiger charge is -2.18. The van der Waals surface area contributed by atoms with Gasteiger partial charge in [0.25, 0.3) is 0 Å². The van der Waals surface area contributed by atoms with Crippen LogP contribution in [0.3, 0.4) is 0 Å². The molecule has 0 fully saturated rings. The highest BCUT2D eigenvalue weighted by atomic mass is 32.2. The topological polar surface area (TPSA) is 49.8 Å². The zero-order chi connectivity index (χ0) is 13.5. The monoisotopic (exact) mass is 268 g/mol. The van der Waals surface area contributed by atoms with Crippen LogP contribution in [-0.4, -0.2) is 34.6 Å². The van der Waals surface area contributed by atoms with Crippen LogP contribution >= 0.6 is 11.8 Å². The van der Waals surface area contributed by atoms with Crippen molar-refractivity contribution < 1.29 is 0 Å². The van der Waals surface area contributed by atoms with Gasteiger partial charge in [0.2, 0.25) is 0 Å². The van der Waals surface area contributed by atoms with E-state index in [9.17, 15) is 0 Å². The third kappa shape index (κ3) is 4.05. The average molecular weight is 268 g/mol. The first-order chi connectivity index (χ1) is 8.60. The summed E-state index contributed by atoms with van der Waals surface area (Å²) in [5.74, 6) is 2.30. The predicted octanol–water partition coefficient (Wildman–Crippen LogP) is 3.20. The Morgan fingerprint density at radius 3 is 2.28 bits per heavy atom. The third-order valence-electron chi connectivity index (χ3n) is 2.76. The van der Waals surface area contributed by atoms with Gasteiger partial charge in [0.15, 0.2) is 0 Å². The summed E-state index contributed by atoms with van der Waals surface area (Å²) in [4.78, 5) is 8.71. The Bertz CT molecular complexity index is 368. The first-order valence-electron chi connectivity index (χ1n) is 6.45. The Kier molecular flexibility index (Phi) is 6.25. The molecule has 0 saturated carbocycles. The number of aromatic nitrogens is 2. The Labute approximate surface area is 114 Å². The Hall–Kier alpha value is -0.970. The van der Waals surface area contributed by atoms with Crippen molar-refractivity contribution in [3.05, 3.63) is 11.9 Å². The first-order valence-corrected chi connectivity index (χ1v) is 7.74. The molecule has 0 bridgehead atoms. The van der Waals surface area contributed by atoms with Crippen LogP contribution < -0.4 is 10.6 Å². The van der Waals surface area contributed by atoms with Crippen molar-refractivity contribution in [2.24, 2.45) is 0 Å². The smallest absolute Gasteiger partial charge is 0.135 e. The maximum atomic E-state index is 4.38. The summed E-state index contributed by atoms with van der Waals surface area (Å²) in [6.45, 7) is 10.4. The van der Waals surface area contributed by atoms with E-state index >= 15 is 0 Å². The van der Waals surface area contributed by atoms with Gasteiger partial charge in [0.1, 0.15) is 18.0 Å². The van der Waals surface area contributed by atoms with E-state index in [4.69, 9.17) is 0 Å². The molecule has 0 aromatic carbocycles. The second kappa shape index (κ2) is 7.46. The minimum atomic E-state index is 0.396. The second-order valence-electron chi connectivity index (χ2n) is 4.60. The van der Waals surface area contributed by atoms with E-state index in [1.54, 1.807) is 6.33 Å². The largest absolute Gasteiger partial charge is 0.370 e. The zero-order valence-corrected chi connectivity index (χ0v) is 12.8. The first kappa shape index (κ1) is 15.1. The van der Waals surface area contributed by atoms with Crippen molar-refractivity contribution in [2.45, 2.75) is 38.9 Å². The minimum Gasteiger partial charge on any atom is -0.370 e. The summed E-state index contributed by atoms with van der Waals surface area (Å²) >= 11 is 1.85. The molecule has 0 aliphatic heterocycles. The molecule has 1 aromatic heterocycles. The number of hydrogen-bond donors (Lipinski definition) is 2. The van der Waals surface area contributed by atoms with Crippen LogP contribution in [-0.2, 0) is 0 Å². The van der Waals surface area contributed by atoms with Crippen LogP contribution in [0.2, 0.25) is 0 Å². The Morgan fingerprint density at radius 2 is 1.78 bits per heavy atom. The number of rotatable bonds is 7. The molecule has 0 aliphatic carbocycles. The van der Waals surface area contributed by atoms with Crippen LogP contribution in [0.1, 0.15) is 39.2 Å². The molecule has 4 nitrogen and oxygen atoms in total. The van der Waals surface area contributed by atoms with E-state index in [2.05, 4.69) is 54.6 Å². The molecule has 1 unspecified atom stereocenters. The molecular weight excluding hydrogens is 244 g/mol. The predicted molar refractivity (Wildman–Crippen MR) is 81.8 cm³/mol. The van der Waals surface area contributed by atoms with Gasteiger partial charge in [0, 0.05) is 23.9 Å². The fourth-order valence-electron chi connectivity index (χ4n) is 1.72. The van der Waals surface area contributed by atoms with Crippen LogP contribution in [0.5, 0.6) is 0 Å². The molecule has 5 heteroatoms. The van der Waals surface area contributed by atoms with Gasteiger partial charge in [-0.2, -0.15) is 11.8 Å². The fraction of sp³-hybridized carbons (Fsp3) is 0.692. The summed E-state index contributed by atoms with van der Waals surface area (Å²) in [7, 11) is 0. The number of nitrogens with zero attached hydrogens (tertiary/aromatic N) is 2. The standard InChI is InChI=1S/C13H24N4S/c1-6-14-12-11(9(2)3)13(17-8-16-12)15-7-10(4)18-5/h8-10H,6-7H2,1-5H3,(H2,14,15,16,17). The molecule has 1 heterocycles. The molecule has 0 amide bonds. The van der Waals surface area contributed by atoms with Crippen molar-refractivity contribution in [2.75, 3.05) is 30.0 Å².